The first-order chi connectivity index (χ1) is 9.88. The minimum Gasteiger partial charge on any atom is -0.341 e. The van der Waals surface area contributed by atoms with Gasteiger partial charge in [-0.25, -0.2) is 0 Å². The standard InChI is InChI=1S/C16H20F3NO/c1-11-7-9-12(10-8-11)14(16(17,18)19)20-15(21)13-5-3-2-4-6-13/h7-10,13-14H,2-6H2,1H3,(H,20,21)/t14-/m0/s1. The van der Waals surface area contributed by atoms with Crippen molar-refractivity contribution in [2.45, 2.75) is 51.2 Å². The van der Waals surface area contributed by atoms with Crippen LogP contribution >= 0.6 is 0 Å². The highest BCUT2D eigenvalue weighted by Gasteiger charge is 2.42. The number of halogens is 3. The molecule has 1 fully saturated rings. The number of carbonyl (C=O) groups is 1. The zero-order valence-electron chi connectivity index (χ0n) is 12.0. The Morgan fingerprint density at radius 3 is 2.24 bits per heavy atom. The van der Waals surface area contributed by atoms with Crippen molar-refractivity contribution in [3.8, 4) is 0 Å². The van der Waals surface area contributed by atoms with Crippen molar-refractivity contribution in [1.82, 2.24) is 5.32 Å². The van der Waals surface area contributed by atoms with Gasteiger partial charge in [-0.15, -0.1) is 0 Å². The van der Waals surface area contributed by atoms with Gasteiger partial charge in [0, 0.05) is 5.92 Å². The monoisotopic (exact) mass is 299 g/mol. The summed E-state index contributed by atoms with van der Waals surface area (Å²) in [6, 6.07) is 4.18. The van der Waals surface area contributed by atoms with Gasteiger partial charge in [-0.05, 0) is 25.3 Å². The van der Waals surface area contributed by atoms with Gasteiger partial charge in [0.1, 0.15) is 0 Å². The van der Waals surface area contributed by atoms with Gasteiger partial charge < -0.3 is 5.32 Å². The smallest absolute Gasteiger partial charge is 0.341 e. The lowest BCUT2D eigenvalue weighted by atomic mass is 9.88. The SMILES string of the molecule is Cc1ccc([C@H](NC(=O)C2CCCCC2)C(F)(F)F)cc1. The van der Waals surface area contributed by atoms with E-state index >= 15 is 0 Å². The number of rotatable bonds is 3. The summed E-state index contributed by atoms with van der Waals surface area (Å²) in [6.45, 7) is 1.81. The summed E-state index contributed by atoms with van der Waals surface area (Å²) in [4.78, 5) is 12.1. The lowest BCUT2D eigenvalue weighted by Gasteiger charge is -2.26. The van der Waals surface area contributed by atoms with Crippen molar-refractivity contribution in [3.63, 3.8) is 0 Å². The predicted octanol–water partition coefficient (Wildman–Crippen LogP) is 4.29. The first kappa shape index (κ1) is 15.9. The molecule has 0 spiro atoms. The third-order valence-corrected chi connectivity index (χ3v) is 4.00. The van der Waals surface area contributed by atoms with E-state index in [2.05, 4.69) is 5.32 Å². The molecule has 1 atom stereocenters. The Labute approximate surface area is 122 Å². The molecule has 0 aliphatic heterocycles. The van der Waals surface area contributed by atoms with E-state index in [1.807, 2.05) is 6.92 Å². The van der Waals surface area contributed by atoms with Gasteiger partial charge in [-0.3, -0.25) is 4.79 Å². The minimum atomic E-state index is -4.49. The summed E-state index contributed by atoms with van der Waals surface area (Å²) >= 11 is 0. The van der Waals surface area contributed by atoms with Crippen molar-refractivity contribution in [2.24, 2.45) is 5.92 Å². The number of aryl methyl sites for hydroxylation is 1. The molecule has 0 heterocycles. The summed E-state index contributed by atoms with van der Waals surface area (Å²) in [5.41, 5.74) is 0.968. The van der Waals surface area contributed by atoms with Crippen LogP contribution in [0.15, 0.2) is 24.3 Å². The highest BCUT2D eigenvalue weighted by molar-refractivity contribution is 5.79. The van der Waals surface area contributed by atoms with Crippen LogP contribution in [0.25, 0.3) is 0 Å². The molecule has 1 amide bonds. The van der Waals surface area contributed by atoms with Gasteiger partial charge >= 0.3 is 6.18 Å². The van der Waals surface area contributed by atoms with Crippen LogP contribution in [-0.4, -0.2) is 12.1 Å². The maximum absolute atomic E-state index is 13.2. The summed E-state index contributed by atoms with van der Waals surface area (Å²) in [6.07, 6.45) is -0.225. The number of hydrogen-bond donors (Lipinski definition) is 1. The number of benzene rings is 1. The number of nitrogens with one attached hydrogen (secondary N) is 1. The van der Waals surface area contributed by atoms with E-state index < -0.39 is 18.1 Å². The second kappa shape index (κ2) is 6.50. The van der Waals surface area contributed by atoms with Crippen LogP contribution in [0, 0.1) is 12.8 Å². The number of amides is 1. The quantitative estimate of drug-likeness (QED) is 0.886. The molecule has 0 radical (unpaired) electrons. The maximum atomic E-state index is 13.2. The van der Waals surface area contributed by atoms with E-state index in [1.54, 1.807) is 12.1 Å². The van der Waals surface area contributed by atoms with Gasteiger partial charge in [0.2, 0.25) is 5.91 Å². The highest BCUT2D eigenvalue weighted by Crippen LogP contribution is 2.34. The maximum Gasteiger partial charge on any atom is 0.412 e. The van der Waals surface area contributed by atoms with Crippen molar-refractivity contribution < 1.29 is 18.0 Å². The number of alkyl halides is 3. The van der Waals surface area contributed by atoms with Crippen LogP contribution < -0.4 is 5.32 Å². The van der Waals surface area contributed by atoms with E-state index in [1.165, 1.54) is 12.1 Å². The molecule has 1 aromatic carbocycles. The molecule has 116 valence electrons. The van der Waals surface area contributed by atoms with E-state index in [-0.39, 0.29) is 11.5 Å². The Morgan fingerprint density at radius 1 is 1.14 bits per heavy atom. The normalized spacial score (nSPS) is 18.3. The topological polar surface area (TPSA) is 29.1 Å². The van der Waals surface area contributed by atoms with E-state index in [0.29, 0.717) is 12.8 Å². The predicted molar refractivity (Wildman–Crippen MR) is 74.7 cm³/mol. The van der Waals surface area contributed by atoms with Crippen LogP contribution in [0.1, 0.15) is 49.3 Å². The molecular formula is C16H20F3NO. The summed E-state index contributed by atoms with van der Waals surface area (Å²) in [7, 11) is 0. The molecule has 0 saturated heterocycles. The number of carbonyl (C=O) groups excluding carboxylic acids is 1. The van der Waals surface area contributed by atoms with E-state index in [0.717, 1.165) is 24.8 Å². The molecule has 21 heavy (non-hydrogen) atoms. The largest absolute Gasteiger partial charge is 0.412 e. The second-order valence-corrected chi connectivity index (χ2v) is 5.73. The summed E-state index contributed by atoms with van der Waals surface area (Å²) in [5, 5.41) is 2.20. The third kappa shape index (κ3) is 4.22. The fourth-order valence-corrected chi connectivity index (χ4v) is 2.74. The lowest BCUT2D eigenvalue weighted by Crippen LogP contribution is -2.41. The van der Waals surface area contributed by atoms with Crippen molar-refractivity contribution in [3.05, 3.63) is 35.4 Å². The second-order valence-electron chi connectivity index (χ2n) is 5.73. The first-order valence-electron chi connectivity index (χ1n) is 7.31. The van der Waals surface area contributed by atoms with Crippen molar-refractivity contribution in [2.75, 3.05) is 0 Å². The molecule has 2 rings (SSSR count). The molecule has 0 bridgehead atoms. The third-order valence-electron chi connectivity index (χ3n) is 4.00. The minimum absolute atomic E-state index is 0.0808. The molecule has 1 aliphatic rings. The van der Waals surface area contributed by atoms with Gasteiger partial charge in [0.15, 0.2) is 6.04 Å². The summed E-state index contributed by atoms with van der Waals surface area (Å²) < 4.78 is 39.7. The van der Waals surface area contributed by atoms with Gasteiger partial charge in [0.05, 0.1) is 0 Å². The van der Waals surface area contributed by atoms with E-state index in [4.69, 9.17) is 0 Å². The van der Waals surface area contributed by atoms with Gasteiger partial charge in [0.25, 0.3) is 0 Å². The Kier molecular flexibility index (Phi) is 4.91. The molecule has 0 unspecified atom stereocenters. The molecule has 1 saturated carbocycles. The Balaban J connectivity index is 2.13. The Hall–Kier alpha value is -1.52. The first-order valence-corrected chi connectivity index (χ1v) is 7.31. The van der Waals surface area contributed by atoms with Crippen LogP contribution in [0.4, 0.5) is 13.2 Å². The lowest BCUT2D eigenvalue weighted by molar-refractivity contribution is -0.165. The van der Waals surface area contributed by atoms with Crippen molar-refractivity contribution in [1.29, 1.82) is 0 Å². The molecule has 5 heteroatoms. The van der Waals surface area contributed by atoms with Crippen LogP contribution in [0.3, 0.4) is 0 Å². The average Bonchev–Trinajstić information content (AvgIpc) is 2.45. The molecule has 1 aromatic rings. The fourth-order valence-electron chi connectivity index (χ4n) is 2.74. The molecule has 1 aliphatic carbocycles. The Morgan fingerprint density at radius 2 is 1.71 bits per heavy atom. The summed E-state index contributed by atoms with van der Waals surface area (Å²) in [5.74, 6) is -0.758. The van der Waals surface area contributed by atoms with Gasteiger partial charge in [-0.1, -0.05) is 49.1 Å². The molecule has 1 N–H and O–H groups in total. The van der Waals surface area contributed by atoms with Crippen LogP contribution in [-0.2, 0) is 4.79 Å². The molecular weight excluding hydrogens is 279 g/mol. The average molecular weight is 299 g/mol. The molecule has 0 aromatic heterocycles. The van der Waals surface area contributed by atoms with Crippen LogP contribution in [0.5, 0.6) is 0 Å². The van der Waals surface area contributed by atoms with E-state index in [9.17, 15) is 18.0 Å². The zero-order valence-corrected chi connectivity index (χ0v) is 12.0. The van der Waals surface area contributed by atoms with Crippen molar-refractivity contribution >= 4 is 5.91 Å². The zero-order chi connectivity index (χ0) is 15.5. The fraction of sp³-hybridized carbons (Fsp3) is 0.562. The van der Waals surface area contributed by atoms with Gasteiger partial charge in [-0.2, -0.15) is 13.2 Å². The molecule has 2 nitrogen and oxygen atoms in total. The number of hydrogen-bond acceptors (Lipinski definition) is 1. The van der Waals surface area contributed by atoms with Crippen LogP contribution in [0.2, 0.25) is 0 Å². The Bertz CT molecular complexity index is 475. The highest BCUT2D eigenvalue weighted by atomic mass is 19.4.